The zero-order valence-electron chi connectivity index (χ0n) is 8.53. The Hall–Kier alpha value is -1.16. The van der Waals surface area contributed by atoms with Gasteiger partial charge in [-0.05, 0) is 41.4 Å². The Kier molecular flexibility index (Phi) is 5.04. The lowest BCUT2D eigenvalue weighted by atomic mass is 10.3. The Morgan fingerprint density at radius 2 is 2.40 bits per heavy atom. The molecule has 1 rings (SSSR count). The number of amides is 1. The zero-order chi connectivity index (χ0) is 11.1. The zero-order valence-corrected chi connectivity index (χ0v) is 10.1. The minimum absolute atomic E-state index is 0.138. The molecule has 0 atom stereocenters. The van der Waals surface area contributed by atoms with Gasteiger partial charge in [0, 0.05) is 6.54 Å². The molecule has 15 heavy (non-hydrogen) atoms. The second kappa shape index (κ2) is 6.35. The number of rotatable bonds is 4. The van der Waals surface area contributed by atoms with Gasteiger partial charge in [-0.15, -0.1) is 0 Å². The van der Waals surface area contributed by atoms with E-state index < -0.39 is 0 Å². The van der Waals surface area contributed by atoms with Gasteiger partial charge in [0.2, 0.25) is 0 Å². The summed E-state index contributed by atoms with van der Waals surface area (Å²) in [5.41, 5.74) is 0.435. The molecule has 1 aromatic heterocycles. The Morgan fingerprint density at radius 1 is 1.60 bits per heavy atom. The molecular formula is C11H13BrN2O. The van der Waals surface area contributed by atoms with Gasteiger partial charge >= 0.3 is 0 Å². The highest BCUT2D eigenvalue weighted by molar-refractivity contribution is 9.10. The first-order chi connectivity index (χ1) is 7.24. The van der Waals surface area contributed by atoms with E-state index >= 15 is 0 Å². The summed E-state index contributed by atoms with van der Waals surface area (Å²) in [6.07, 6.45) is 4.81. The fourth-order valence-corrected chi connectivity index (χ4v) is 1.40. The van der Waals surface area contributed by atoms with Crippen LogP contribution in [0, 0.1) is 0 Å². The van der Waals surface area contributed by atoms with Crippen molar-refractivity contribution in [1.82, 2.24) is 10.3 Å². The highest BCUT2D eigenvalue weighted by Crippen LogP contribution is 2.05. The number of halogens is 1. The third-order valence-electron chi connectivity index (χ3n) is 1.78. The summed E-state index contributed by atoms with van der Waals surface area (Å²) in [6.45, 7) is 2.59. The highest BCUT2D eigenvalue weighted by Gasteiger charge is 2.05. The van der Waals surface area contributed by atoms with Crippen molar-refractivity contribution in [2.45, 2.75) is 13.3 Å². The van der Waals surface area contributed by atoms with Crippen molar-refractivity contribution in [1.29, 1.82) is 0 Å². The van der Waals surface area contributed by atoms with Gasteiger partial charge in [-0.25, -0.2) is 4.98 Å². The third-order valence-corrected chi connectivity index (χ3v) is 2.22. The van der Waals surface area contributed by atoms with Crippen molar-refractivity contribution in [3.8, 4) is 0 Å². The van der Waals surface area contributed by atoms with Crippen molar-refractivity contribution >= 4 is 21.8 Å². The van der Waals surface area contributed by atoms with E-state index in [1.54, 1.807) is 18.2 Å². The lowest BCUT2D eigenvalue weighted by Crippen LogP contribution is -2.25. The molecule has 0 spiro atoms. The first kappa shape index (κ1) is 11.9. The number of carbonyl (C=O) groups excluding carboxylic acids is 1. The van der Waals surface area contributed by atoms with Gasteiger partial charge in [-0.1, -0.05) is 18.2 Å². The molecule has 1 N–H and O–H groups in total. The van der Waals surface area contributed by atoms with Crippen LogP contribution in [0.15, 0.2) is 35.0 Å². The van der Waals surface area contributed by atoms with Crippen LogP contribution in [0.5, 0.6) is 0 Å². The van der Waals surface area contributed by atoms with Crippen LogP contribution in [0.1, 0.15) is 23.8 Å². The Bertz CT molecular complexity index is 363. The summed E-state index contributed by atoms with van der Waals surface area (Å²) in [6, 6.07) is 5.27. The van der Waals surface area contributed by atoms with Gasteiger partial charge in [-0.2, -0.15) is 0 Å². The highest BCUT2D eigenvalue weighted by atomic mass is 79.9. The minimum Gasteiger partial charge on any atom is -0.350 e. The summed E-state index contributed by atoms with van der Waals surface area (Å²) in [4.78, 5) is 15.6. The molecule has 1 aromatic rings. The quantitative estimate of drug-likeness (QED) is 0.518. The maximum absolute atomic E-state index is 11.5. The Labute approximate surface area is 97.7 Å². The van der Waals surface area contributed by atoms with Crippen LogP contribution in [0.2, 0.25) is 0 Å². The molecule has 4 heteroatoms. The fraction of sp³-hybridized carbons (Fsp3) is 0.273. The molecule has 0 unspecified atom stereocenters. The molecule has 0 saturated heterocycles. The van der Waals surface area contributed by atoms with Crippen molar-refractivity contribution in [2.75, 3.05) is 6.54 Å². The first-order valence-corrected chi connectivity index (χ1v) is 5.55. The van der Waals surface area contributed by atoms with Crippen molar-refractivity contribution in [3.63, 3.8) is 0 Å². The molecule has 0 aliphatic carbocycles. The van der Waals surface area contributed by atoms with Gasteiger partial charge in [-0.3, -0.25) is 4.79 Å². The van der Waals surface area contributed by atoms with Gasteiger partial charge in [0.15, 0.2) is 0 Å². The molecular weight excluding hydrogens is 256 g/mol. The van der Waals surface area contributed by atoms with Crippen molar-refractivity contribution in [3.05, 3.63) is 40.6 Å². The molecule has 0 aromatic carbocycles. The van der Waals surface area contributed by atoms with E-state index in [9.17, 15) is 4.79 Å². The minimum atomic E-state index is -0.138. The molecule has 0 radical (unpaired) electrons. The van der Waals surface area contributed by atoms with Crippen LogP contribution in [0.25, 0.3) is 0 Å². The van der Waals surface area contributed by atoms with E-state index in [1.165, 1.54) is 0 Å². The number of nitrogens with one attached hydrogen (secondary N) is 1. The van der Waals surface area contributed by atoms with Crippen LogP contribution in [0.3, 0.4) is 0 Å². The number of allylic oxidation sites excluding steroid dienone is 1. The molecule has 80 valence electrons. The molecule has 0 bridgehead atoms. The maximum atomic E-state index is 11.5. The van der Waals surface area contributed by atoms with Crippen molar-refractivity contribution < 1.29 is 4.79 Å². The molecule has 0 saturated carbocycles. The normalized spacial score (nSPS) is 10.5. The number of pyridine rings is 1. The lowest BCUT2D eigenvalue weighted by molar-refractivity contribution is 0.0949. The predicted octanol–water partition coefficient (Wildman–Crippen LogP) is 2.54. The van der Waals surface area contributed by atoms with E-state index in [2.05, 4.69) is 26.2 Å². The summed E-state index contributed by atoms with van der Waals surface area (Å²) in [5, 5.41) is 2.79. The summed E-state index contributed by atoms with van der Waals surface area (Å²) in [7, 11) is 0. The van der Waals surface area contributed by atoms with E-state index in [4.69, 9.17) is 0 Å². The number of carbonyl (C=O) groups is 1. The molecule has 1 amide bonds. The van der Waals surface area contributed by atoms with Crippen LogP contribution in [-0.2, 0) is 0 Å². The second-order valence-corrected chi connectivity index (χ2v) is 3.77. The van der Waals surface area contributed by atoms with Crippen LogP contribution in [0.4, 0.5) is 0 Å². The summed E-state index contributed by atoms with van der Waals surface area (Å²) in [5.74, 6) is -0.138. The third kappa shape index (κ3) is 4.25. The Morgan fingerprint density at radius 3 is 3.07 bits per heavy atom. The van der Waals surface area contributed by atoms with E-state index in [0.29, 0.717) is 16.8 Å². The number of nitrogens with zero attached hydrogens (tertiary/aromatic N) is 1. The van der Waals surface area contributed by atoms with E-state index in [0.717, 1.165) is 6.42 Å². The van der Waals surface area contributed by atoms with E-state index in [1.807, 2.05) is 19.1 Å². The fourth-order valence-electron chi connectivity index (χ4n) is 1.06. The molecule has 1 heterocycles. The SMILES string of the molecule is C/C=C/CCNC(=O)c1cccc(Br)n1. The molecule has 3 nitrogen and oxygen atoms in total. The average Bonchev–Trinajstić information content (AvgIpc) is 2.24. The lowest BCUT2D eigenvalue weighted by Gasteiger charge is -2.02. The van der Waals surface area contributed by atoms with Gasteiger partial charge in [0.05, 0.1) is 0 Å². The van der Waals surface area contributed by atoms with Crippen LogP contribution < -0.4 is 5.32 Å². The molecule has 0 aliphatic heterocycles. The summed E-state index contributed by atoms with van der Waals surface area (Å²) >= 11 is 3.22. The van der Waals surface area contributed by atoms with Gasteiger partial charge in [0.25, 0.3) is 5.91 Å². The van der Waals surface area contributed by atoms with Crippen LogP contribution in [-0.4, -0.2) is 17.4 Å². The monoisotopic (exact) mass is 268 g/mol. The predicted molar refractivity (Wildman–Crippen MR) is 63.7 cm³/mol. The standard InChI is InChI=1S/C11H13BrN2O/c1-2-3-4-8-13-11(15)9-6-5-7-10(12)14-9/h2-3,5-7H,4,8H2,1H3,(H,13,15)/b3-2+. The molecule has 0 fully saturated rings. The first-order valence-electron chi connectivity index (χ1n) is 4.76. The van der Waals surface area contributed by atoms with Gasteiger partial charge < -0.3 is 5.32 Å². The van der Waals surface area contributed by atoms with E-state index in [-0.39, 0.29) is 5.91 Å². The smallest absolute Gasteiger partial charge is 0.269 e. The average molecular weight is 269 g/mol. The number of aromatic nitrogens is 1. The second-order valence-electron chi connectivity index (χ2n) is 2.96. The number of hydrogen-bond donors (Lipinski definition) is 1. The van der Waals surface area contributed by atoms with Gasteiger partial charge in [0.1, 0.15) is 10.3 Å². The van der Waals surface area contributed by atoms with Crippen LogP contribution >= 0.6 is 15.9 Å². The Balaban J connectivity index is 2.47. The number of hydrogen-bond acceptors (Lipinski definition) is 2. The largest absolute Gasteiger partial charge is 0.350 e. The molecule has 0 aliphatic rings. The van der Waals surface area contributed by atoms with Crippen molar-refractivity contribution in [2.24, 2.45) is 0 Å². The summed E-state index contributed by atoms with van der Waals surface area (Å²) < 4.78 is 0.670. The topological polar surface area (TPSA) is 42.0 Å². The maximum Gasteiger partial charge on any atom is 0.269 e.